The minimum Gasteiger partial charge on any atom is -0.319 e. The lowest BCUT2D eigenvalue weighted by Gasteiger charge is -2.09. The van der Waals surface area contributed by atoms with Gasteiger partial charge in [0.1, 0.15) is 0 Å². The van der Waals surface area contributed by atoms with E-state index >= 15 is 0 Å². The molecular weight excluding hydrogens is 230 g/mol. The number of aromatic nitrogens is 2. The van der Waals surface area contributed by atoms with Gasteiger partial charge in [0.05, 0.1) is 29.7 Å². The normalized spacial score (nSPS) is 12.8. The van der Waals surface area contributed by atoms with E-state index in [-0.39, 0.29) is 6.04 Å². The summed E-state index contributed by atoms with van der Waals surface area (Å²) >= 11 is 1.19. The molecule has 0 radical (unpaired) electrons. The molecule has 0 amide bonds. The Labute approximate surface area is 103 Å². The molecule has 84 valence electrons. The van der Waals surface area contributed by atoms with Gasteiger partial charge in [0.15, 0.2) is 0 Å². The lowest BCUT2D eigenvalue weighted by molar-refractivity contribution is 0.845. The van der Waals surface area contributed by atoms with Gasteiger partial charge in [-0.3, -0.25) is 0 Å². The van der Waals surface area contributed by atoms with Crippen LogP contribution in [-0.2, 0) is 0 Å². The Morgan fingerprint density at radius 1 is 1.06 bits per heavy atom. The third kappa shape index (κ3) is 1.92. The molecule has 0 aliphatic rings. The fourth-order valence-electron chi connectivity index (χ4n) is 1.88. The van der Waals surface area contributed by atoms with Gasteiger partial charge >= 0.3 is 0 Å². The van der Waals surface area contributed by atoms with Crippen LogP contribution in [0.25, 0.3) is 10.8 Å². The van der Waals surface area contributed by atoms with E-state index in [2.05, 4.69) is 33.0 Å². The van der Waals surface area contributed by atoms with E-state index in [1.54, 1.807) is 6.20 Å². The molecule has 17 heavy (non-hydrogen) atoms. The summed E-state index contributed by atoms with van der Waals surface area (Å²) in [6.45, 7) is 0. The quantitative estimate of drug-likeness (QED) is 0.750. The van der Waals surface area contributed by atoms with Gasteiger partial charge in [-0.25, -0.2) is 0 Å². The fourth-order valence-corrected chi connectivity index (χ4v) is 2.34. The zero-order chi connectivity index (χ0) is 11.7. The number of fused-ring (bicyclic) bond motifs is 1. The molecule has 4 heteroatoms. The van der Waals surface area contributed by atoms with Gasteiger partial charge in [-0.1, -0.05) is 36.4 Å². The highest BCUT2D eigenvalue weighted by Crippen LogP contribution is 2.22. The first-order chi connectivity index (χ1) is 8.34. The van der Waals surface area contributed by atoms with Crippen LogP contribution in [0.3, 0.4) is 0 Å². The van der Waals surface area contributed by atoms with Gasteiger partial charge in [-0.15, -0.1) is 0 Å². The molecular formula is C13H11N3S. The number of hydrogen-bond donors (Lipinski definition) is 1. The Morgan fingerprint density at radius 3 is 2.65 bits per heavy atom. The smallest absolute Gasteiger partial charge is 0.0955 e. The molecule has 0 spiro atoms. The molecule has 0 saturated carbocycles. The highest BCUT2D eigenvalue weighted by Gasteiger charge is 2.11. The maximum Gasteiger partial charge on any atom is 0.0955 e. The first kappa shape index (κ1) is 10.4. The summed E-state index contributed by atoms with van der Waals surface area (Å²) < 4.78 is 8.16. The number of nitrogens with two attached hydrogens (primary N) is 1. The van der Waals surface area contributed by atoms with Gasteiger partial charge < -0.3 is 5.73 Å². The number of benzene rings is 2. The SMILES string of the molecule is NC(c1ccc2ccccc2c1)c1cnsn1. The van der Waals surface area contributed by atoms with Crippen LogP contribution in [0.5, 0.6) is 0 Å². The van der Waals surface area contributed by atoms with Crippen LogP contribution in [0.4, 0.5) is 0 Å². The van der Waals surface area contributed by atoms with Crippen LogP contribution in [-0.4, -0.2) is 8.75 Å². The molecule has 1 heterocycles. The number of hydrogen-bond acceptors (Lipinski definition) is 4. The first-order valence-corrected chi connectivity index (χ1v) is 6.09. The predicted octanol–water partition coefficient (Wildman–Crippen LogP) is 2.74. The molecule has 3 rings (SSSR count). The van der Waals surface area contributed by atoms with Crippen molar-refractivity contribution in [3.8, 4) is 0 Å². The van der Waals surface area contributed by atoms with E-state index in [0.717, 1.165) is 11.3 Å². The van der Waals surface area contributed by atoms with E-state index in [1.165, 1.54) is 22.5 Å². The summed E-state index contributed by atoms with van der Waals surface area (Å²) in [6.07, 6.45) is 1.73. The van der Waals surface area contributed by atoms with Crippen LogP contribution >= 0.6 is 11.7 Å². The van der Waals surface area contributed by atoms with Crippen LogP contribution in [0.1, 0.15) is 17.3 Å². The minimum atomic E-state index is -0.196. The fraction of sp³-hybridized carbons (Fsp3) is 0.0769. The topological polar surface area (TPSA) is 51.8 Å². The van der Waals surface area contributed by atoms with Crippen LogP contribution in [0, 0.1) is 0 Å². The van der Waals surface area contributed by atoms with Crippen molar-refractivity contribution < 1.29 is 0 Å². The highest BCUT2D eigenvalue weighted by atomic mass is 32.1. The summed E-state index contributed by atoms with van der Waals surface area (Å²) in [4.78, 5) is 0. The minimum absolute atomic E-state index is 0.196. The molecule has 2 N–H and O–H groups in total. The maximum absolute atomic E-state index is 6.16. The van der Waals surface area contributed by atoms with Gasteiger partial charge in [-0.05, 0) is 22.4 Å². The van der Waals surface area contributed by atoms with Crippen molar-refractivity contribution in [1.29, 1.82) is 0 Å². The molecule has 3 nitrogen and oxygen atoms in total. The second-order valence-electron chi connectivity index (χ2n) is 3.92. The van der Waals surface area contributed by atoms with E-state index in [0.29, 0.717) is 0 Å². The number of nitrogens with zero attached hydrogens (tertiary/aromatic N) is 2. The van der Waals surface area contributed by atoms with Crippen LogP contribution in [0.2, 0.25) is 0 Å². The summed E-state index contributed by atoms with van der Waals surface area (Å²) in [6, 6.07) is 14.3. The zero-order valence-corrected chi connectivity index (χ0v) is 9.89. The largest absolute Gasteiger partial charge is 0.319 e. The highest BCUT2D eigenvalue weighted by molar-refractivity contribution is 6.99. The van der Waals surface area contributed by atoms with Gasteiger partial charge in [-0.2, -0.15) is 8.75 Å². The summed E-state index contributed by atoms with van der Waals surface area (Å²) in [5.41, 5.74) is 8.05. The lowest BCUT2D eigenvalue weighted by Crippen LogP contribution is -2.11. The van der Waals surface area contributed by atoms with Gasteiger partial charge in [0.2, 0.25) is 0 Å². The molecule has 0 fully saturated rings. The van der Waals surface area contributed by atoms with Crippen LogP contribution in [0.15, 0.2) is 48.7 Å². The summed E-state index contributed by atoms with van der Waals surface area (Å²) in [5.74, 6) is 0. The van der Waals surface area contributed by atoms with E-state index in [9.17, 15) is 0 Å². The monoisotopic (exact) mass is 241 g/mol. The molecule has 0 saturated heterocycles. The second-order valence-corrected chi connectivity index (χ2v) is 4.47. The Bertz CT molecular complexity index is 634. The van der Waals surface area contributed by atoms with Crippen molar-refractivity contribution in [3.05, 3.63) is 59.9 Å². The number of rotatable bonds is 2. The molecule has 1 unspecified atom stereocenters. The second kappa shape index (κ2) is 4.24. The first-order valence-electron chi connectivity index (χ1n) is 5.36. The zero-order valence-electron chi connectivity index (χ0n) is 9.08. The Hall–Kier alpha value is -1.78. The Morgan fingerprint density at radius 2 is 1.88 bits per heavy atom. The third-order valence-corrected chi connectivity index (χ3v) is 3.32. The molecule has 0 aliphatic carbocycles. The molecule has 2 aromatic carbocycles. The summed E-state index contributed by atoms with van der Waals surface area (Å²) in [7, 11) is 0. The Kier molecular flexibility index (Phi) is 2.59. The third-order valence-electron chi connectivity index (χ3n) is 2.83. The van der Waals surface area contributed by atoms with E-state index in [4.69, 9.17) is 5.73 Å². The molecule has 1 atom stereocenters. The molecule has 1 aromatic heterocycles. The van der Waals surface area contributed by atoms with Crippen LogP contribution < -0.4 is 5.73 Å². The standard InChI is InChI=1S/C13H11N3S/c14-13(12-8-15-17-16-12)11-6-5-9-3-1-2-4-10(9)7-11/h1-8,13H,14H2. The van der Waals surface area contributed by atoms with Crippen molar-refractivity contribution >= 4 is 22.5 Å². The van der Waals surface area contributed by atoms with E-state index < -0.39 is 0 Å². The lowest BCUT2D eigenvalue weighted by atomic mass is 10.0. The molecule has 0 aliphatic heterocycles. The van der Waals surface area contributed by atoms with Crippen molar-refractivity contribution in [2.24, 2.45) is 5.73 Å². The van der Waals surface area contributed by atoms with Crippen molar-refractivity contribution in [3.63, 3.8) is 0 Å². The average molecular weight is 241 g/mol. The maximum atomic E-state index is 6.16. The van der Waals surface area contributed by atoms with Crippen molar-refractivity contribution in [2.75, 3.05) is 0 Å². The summed E-state index contributed by atoms with van der Waals surface area (Å²) in [5, 5.41) is 2.42. The Balaban J connectivity index is 2.06. The average Bonchev–Trinajstić information content (AvgIpc) is 2.91. The van der Waals surface area contributed by atoms with E-state index in [1.807, 2.05) is 18.2 Å². The van der Waals surface area contributed by atoms with Crippen molar-refractivity contribution in [2.45, 2.75) is 6.04 Å². The molecule has 3 aromatic rings. The van der Waals surface area contributed by atoms with Gasteiger partial charge in [0.25, 0.3) is 0 Å². The van der Waals surface area contributed by atoms with Gasteiger partial charge in [0, 0.05) is 0 Å². The molecule has 0 bridgehead atoms. The predicted molar refractivity (Wildman–Crippen MR) is 69.9 cm³/mol. The van der Waals surface area contributed by atoms with Crippen molar-refractivity contribution in [1.82, 2.24) is 8.75 Å².